The molecule has 108 valence electrons. The van der Waals surface area contributed by atoms with Crippen molar-refractivity contribution in [3.63, 3.8) is 0 Å². The number of halogens is 3. The Balaban J connectivity index is 0.00000324. The summed E-state index contributed by atoms with van der Waals surface area (Å²) in [5.74, 6) is 0.0452. The molecule has 0 aromatic heterocycles. The fraction of sp³-hybridized carbons (Fsp3) is 0.462. The first-order chi connectivity index (χ1) is 8.54. The monoisotopic (exact) mass is 324 g/mol. The molecule has 1 aromatic rings. The fourth-order valence-corrected chi connectivity index (χ4v) is 1.91. The number of benzene rings is 1. The minimum absolute atomic E-state index is 0. The van der Waals surface area contributed by atoms with Crippen molar-refractivity contribution in [2.24, 2.45) is 0 Å². The van der Waals surface area contributed by atoms with Crippen LogP contribution in [0.3, 0.4) is 0 Å². The van der Waals surface area contributed by atoms with Crippen LogP contribution in [0.4, 0.5) is 0 Å². The van der Waals surface area contributed by atoms with Crippen molar-refractivity contribution in [1.82, 2.24) is 10.6 Å². The molecule has 0 heterocycles. The van der Waals surface area contributed by atoms with E-state index in [-0.39, 0.29) is 24.4 Å². The Kier molecular flexibility index (Phi) is 9.19. The van der Waals surface area contributed by atoms with Crippen molar-refractivity contribution >= 4 is 41.5 Å². The molecular formula is C13H19Cl3N2O. The Bertz CT molecular complexity index is 413. The average molecular weight is 326 g/mol. The SMILES string of the molecule is CNCCCC(=O)NC(C)c1ccc(Cl)c(Cl)c1.Cl. The van der Waals surface area contributed by atoms with E-state index in [1.54, 1.807) is 12.1 Å². The van der Waals surface area contributed by atoms with Crippen LogP contribution in [0, 0.1) is 0 Å². The van der Waals surface area contributed by atoms with Gasteiger partial charge in [-0.2, -0.15) is 0 Å². The Hall–Kier alpha value is -0.480. The molecule has 0 aliphatic carbocycles. The Morgan fingerprint density at radius 1 is 1.32 bits per heavy atom. The zero-order chi connectivity index (χ0) is 13.5. The summed E-state index contributed by atoms with van der Waals surface area (Å²) >= 11 is 11.8. The second-order valence-corrected chi connectivity index (χ2v) is 4.98. The molecule has 1 aromatic carbocycles. The van der Waals surface area contributed by atoms with Crippen molar-refractivity contribution < 1.29 is 4.79 Å². The van der Waals surface area contributed by atoms with Gasteiger partial charge in [0.2, 0.25) is 5.91 Å². The van der Waals surface area contributed by atoms with Gasteiger partial charge >= 0.3 is 0 Å². The van der Waals surface area contributed by atoms with Gasteiger partial charge in [-0.15, -0.1) is 12.4 Å². The highest BCUT2D eigenvalue weighted by atomic mass is 35.5. The lowest BCUT2D eigenvalue weighted by molar-refractivity contribution is -0.121. The average Bonchev–Trinajstić information content (AvgIpc) is 2.33. The number of rotatable bonds is 6. The van der Waals surface area contributed by atoms with E-state index in [2.05, 4.69) is 10.6 Å². The quantitative estimate of drug-likeness (QED) is 0.785. The van der Waals surface area contributed by atoms with Crippen molar-refractivity contribution in [3.05, 3.63) is 33.8 Å². The van der Waals surface area contributed by atoms with Crippen LogP contribution in [0.15, 0.2) is 18.2 Å². The summed E-state index contributed by atoms with van der Waals surface area (Å²) < 4.78 is 0. The summed E-state index contributed by atoms with van der Waals surface area (Å²) in [5, 5.41) is 6.97. The molecule has 1 unspecified atom stereocenters. The zero-order valence-electron chi connectivity index (χ0n) is 11.0. The number of carbonyl (C=O) groups is 1. The lowest BCUT2D eigenvalue weighted by Crippen LogP contribution is -2.27. The van der Waals surface area contributed by atoms with E-state index >= 15 is 0 Å². The Morgan fingerprint density at radius 2 is 2.00 bits per heavy atom. The number of carbonyl (C=O) groups excluding carboxylic acids is 1. The lowest BCUT2D eigenvalue weighted by Gasteiger charge is -2.15. The maximum absolute atomic E-state index is 11.7. The van der Waals surface area contributed by atoms with Crippen LogP contribution in [0.2, 0.25) is 10.0 Å². The van der Waals surface area contributed by atoms with Crippen LogP contribution in [0.5, 0.6) is 0 Å². The van der Waals surface area contributed by atoms with E-state index in [1.165, 1.54) is 0 Å². The third kappa shape index (κ3) is 6.48. The van der Waals surface area contributed by atoms with Gasteiger partial charge in [0.15, 0.2) is 0 Å². The van der Waals surface area contributed by atoms with E-state index in [1.807, 2.05) is 20.0 Å². The molecule has 0 saturated heterocycles. The molecule has 2 N–H and O–H groups in total. The van der Waals surface area contributed by atoms with Crippen LogP contribution in [-0.4, -0.2) is 19.5 Å². The smallest absolute Gasteiger partial charge is 0.220 e. The minimum atomic E-state index is -0.0677. The third-order valence-corrected chi connectivity index (χ3v) is 3.39. The predicted octanol–water partition coefficient (Wildman–Crippen LogP) is 3.59. The number of hydrogen-bond donors (Lipinski definition) is 2. The number of nitrogens with one attached hydrogen (secondary N) is 2. The molecule has 0 saturated carbocycles. The summed E-state index contributed by atoms with van der Waals surface area (Å²) in [6, 6.07) is 5.32. The molecular weight excluding hydrogens is 307 g/mol. The Morgan fingerprint density at radius 3 is 2.58 bits per heavy atom. The molecule has 1 rings (SSSR count). The van der Waals surface area contributed by atoms with Crippen LogP contribution < -0.4 is 10.6 Å². The van der Waals surface area contributed by atoms with Gasteiger partial charge in [0.05, 0.1) is 16.1 Å². The first-order valence-corrected chi connectivity index (χ1v) is 6.69. The van der Waals surface area contributed by atoms with Crippen LogP contribution in [0.25, 0.3) is 0 Å². The largest absolute Gasteiger partial charge is 0.350 e. The minimum Gasteiger partial charge on any atom is -0.350 e. The molecule has 0 radical (unpaired) electrons. The topological polar surface area (TPSA) is 41.1 Å². The molecule has 0 spiro atoms. The van der Waals surface area contributed by atoms with E-state index in [0.717, 1.165) is 18.5 Å². The molecule has 3 nitrogen and oxygen atoms in total. The highest BCUT2D eigenvalue weighted by Gasteiger charge is 2.10. The van der Waals surface area contributed by atoms with Crippen molar-refractivity contribution in [1.29, 1.82) is 0 Å². The molecule has 0 fully saturated rings. The summed E-state index contributed by atoms with van der Waals surface area (Å²) in [6.07, 6.45) is 1.35. The Labute approximate surface area is 130 Å². The standard InChI is InChI=1S/C13H18Cl2N2O.ClH/c1-9(17-13(18)4-3-7-16-2)10-5-6-11(14)12(15)8-10;/h5-6,8-9,16H,3-4,7H2,1-2H3,(H,17,18);1H. The molecule has 0 aliphatic rings. The predicted molar refractivity (Wildman–Crippen MR) is 83.4 cm³/mol. The number of amides is 1. The van der Waals surface area contributed by atoms with Gasteiger partial charge in [-0.1, -0.05) is 29.3 Å². The molecule has 6 heteroatoms. The van der Waals surface area contributed by atoms with Gasteiger partial charge in [-0.05, 0) is 44.6 Å². The van der Waals surface area contributed by atoms with Crippen molar-refractivity contribution in [3.8, 4) is 0 Å². The maximum Gasteiger partial charge on any atom is 0.220 e. The summed E-state index contributed by atoms with van der Waals surface area (Å²) in [6.45, 7) is 2.77. The summed E-state index contributed by atoms with van der Waals surface area (Å²) in [7, 11) is 1.87. The van der Waals surface area contributed by atoms with Crippen molar-refractivity contribution in [2.45, 2.75) is 25.8 Å². The molecule has 1 atom stereocenters. The molecule has 0 aliphatic heterocycles. The first-order valence-electron chi connectivity index (χ1n) is 5.93. The molecule has 19 heavy (non-hydrogen) atoms. The van der Waals surface area contributed by atoms with E-state index in [9.17, 15) is 4.79 Å². The zero-order valence-corrected chi connectivity index (χ0v) is 13.3. The third-order valence-electron chi connectivity index (χ3n) is 2.65. The summed E-state index contributed by atoms with van der Waals surface area (Å²) in [5.41, 5.74) is 0.950. The van der Waals surface area contributed by atoms with Crippen molar-refractivity contribution in [2.75, 3.05) is 13.6 Å². The van der Waals surface area contributed by atoms with Gasteiger partial charge < -0.3 is 10.6 Å². The molecule has 0 bridgehead atoms. The lowest BCUT2D eigenvalue weighted by atomic mass is 10.1. The van der Waals surface area contributed by atoms with Gasteiger partial charge in [-0.3, -0.25) is 4.79 Å². The summed E-state index contributed by atoms with van der Waals surface area (Å²) in [4.78, 5) is 11.7. The van der Waals surface area contributed by atoms with Crippen LogP contribution in [-0.2, 0) is 4.79 Å². The van der Waals surface area contributed by atoms with Gasteiger partial charge in [-0.25, -0.2) is 0 Å². The second kappa shape index (κ2) is 9.43. The van der Waals surface area contributed by atoms with E-state index in [0.29, 0.717) is 16.5 Å². The number of hydrogen-bond acceptors (Lipinski definition) is 2. The van der Waals surface area contributed by atoms with Gasteiger partial charge in [0.1, 0.15) is 0 Å². The maximum atomic E-state index is 11.7. The normalized spacial score (nSPS) is 11.6. The fourth-order valence-electron chi connectivity index (χ4n) is 1.60. The van der Waals surface area contributed by atoms with E-state index in [4.69, 9.17) is 23.2 Å². The first kappa shape index (κ1) is 18.5. The van der Waals surface area contributed by atoms with Gasteiger partial charge in [0.25, 0.3) is 0 Å². The van der Waals surface area contributed by atoms with Gasteiger partial charge in [0, 0.05) is 6.42 Å². The second-order valence-electron chi connectivity index (χ2n) is 4.17. The van der Waals surface area contributed by atoms with Crippen LogP contribution in [0.1, 0.15) is 31.4 Å². The molecule has 1 amide bonds. The van der Waals surface area contributed by atoms with E-state index < -0.39 is 0 Å². The highest BCUT2D eigenvalue weighted by Crippen LogP contribution is 2.25. The van der Waals surface area contributed by atoms with Crippen LogP contribution >= 0.6 is 35.6 Å². The highest BCUT2D eigenvalue weighted by molar-refractivity contribution is 6.42.